The summed E-state index contributed by atoms with van der Waals surface area (Å²) in [5.74, 6) is 1.70. The Labute approximate surface area is 96.4 Å². The van der Waals surface area contributed by atoms with Crippen LogP contribution in [0.4, 0.5) is 5.82 Å². The van der Waals surface area contributed by atoms with Gasteiger partial charge in [0.25, 0.3) is 0 Å². The first-order chi connectivity index (χ1) is 7.57. The average Bonchev–Trinajstić information content (AvgIpc) is 2.62. The fraction of sp³-hybridized carbons (Fsp3) is 0.667. The molecule has 2 rings (SSSR count). The molecule has 88 valence electrons. The molecule has 1 fully saturated rings. The molecule has 1 atom stereocenters. The van der Waals surface area contributed by atoms with Gasteiger partial charge >= 0.3 is 0 Å². The molecule has 0 aromatic carbocycles. The van der Waals surface area contributed by atoms with Crippen LogP contribution < -0.4 is 5.32 Å². The SMILES string of the molecule is Cc1cc(NCC2(C)CCCO2)nc(C)n1. The Morgan fingerprint density at radius 2 is 2.25 bits per heavy atom. The maximum Gasteiger partial charge on any atom is 0.130 e. The molecule has 0 bridgehead atoms. The fourth-order valence-electron chi connectivity index (χ4n) is 2.06. The van der Waals surface area contributed by atoms with Gasteiger partial charge in [-0.05, 0) is 33.6 Å². The summed E-state index contributed by atoms with van der Waals surface area (Å²) < 4.78 is 5.72. The Hall–Kier alpha value is -1.16. The van der Waals surface area contributed by atoms with Crippen molar-refractivity contribution in [2.45, 2.75) is 39.2 Å². The Morgan fingerprint density at radius 1 is 1.44 bits per heavy atom. The Kier molecular flexibility index (Phi) is 3.10. The van der Waals surface area contributed by atoms with Crippen molar-refractivity contribution in [2.24, 2.45) is 0 Å². The lowest BCUT2D eigenvalue weighted by molar-refractivity contribution is 0.0314. The lowest BCUT2D eigenvalue weighted by Gasteiger charge is -2.23. The highest BCUT2D eigenvalue weighted by molar-refractivity contribution is 5.36. The highest BCUT2D eigenvalue weighted by Crippen LogP contribution is 2.25. The van der Waals surface area contributed by atoms with Crippen LogP contribution in [-0.4, -0.2) is 28.7 Å². The van der Waals surface area contributed by atoms with E-state index in [0.29, 0.717) is 0 Å². The lowest BCUT2D eigenvalue weighted by Crippen LogP contribution is -2.32. The molecule has 2 heterocycles. The molecule has 1 aliphatic heterocycles. The number of nitrogens with one attached hydrogen (secondary N) is 1. The highest BCUT2D eigenvalue weighted by atomic mass is 16.5. The predicted octanol–water partition coefficient (Wildman–Crippen LogP) is 2.07. The number of ether oxygens (including phenoxy) is 1. The second-order valence-electron chi connectivity index (χ2n) is 4.70. The molecule has 1 unspecified atom stereocenters. The van der Waals surface area contributed by atoms with Crippen molar-refractivity contribution in [1.29, 1.82) is 0 Å². The zero-order valence-corrected chi connectivity index (χ0v) is 10.2. The van der Waals surface area contributed by atoms with E-state index >= 15 is 0 Å². The molecule has 0 spiro atoms. The molecular formula is C12H19N3O. The summed E-state index contributed by atoms with van der Waals surface area (Å²) in [7, 11) is 0. The van der Waals surface area contributed by atoms with Gasteiger partial charge in [-0.25, -0.2) is 9.97 Å². The van der Waals surface area contributed by atoms with Crippen LogP contribution in [0.25, 0.3) is 0 Å². The minimum atomic E-state index is -0.0350. The number of rotatable bonds is 3. The molecule has 1 aliphatic rings. The van der Waals surface area contributed by atoms with Gasteiger partial charge in [-0.15, -0.1) is 0 Å². The molecule has 4 nitrogen and oxygen atoms in total. The van der Waals surface area contributed by atoms with Gasteiger partial charge < -0.3 is 10.1 Å². The highest BCUT2D eigenvalue weighted by Gasteiger charge is 2.29. The van der Waals surface area contributed by atoms with Crippen LogP contribution in [0.5, 0.6) is 0 Å². The molecule has 4 heteroatoms. The standard InChI is InChI=1S/C12H19N3O/c1-9-7-11(15-10(2)14-9)13-8-12(3)5-4-6-16-12/h7H,4-6,8H2,1-3H3,(H,13,14,15). The van der Waals surface area contributed by atoms with E-state index in [0.717, 1.165) is 43.3 Å². The van der Waals surface area contributed by atoms with Crippen molar-refractivity contribution in [3.05, 3.63) is 17.6 Å². The Morgan fingerprint density at radius 3 is 2.88 bits per heavy atom. The normalized spacial score (nSPS) is 24.7. The summed E-state index contributed by atoms with van der Waals surface area (Å²) in [6.07, 6.45) is 2.27. The van der Waals surface area contributed by atoms with Crippen LogP contribution in [-0.2, 0) is 4.74 Å². The second kappa shape index (κ2) is 4.37. The van der Waals surface area contributed by atoms with Crippen molar-refractivity contribution < 1.29 is 4.74 Å². The molecule has 1 aromatic rings. The van der Waals surface area contributed by atoms with E-state index in [-0.39, 0.29) is 5.60 Å². The monoisotopic (exact) mass is 221 g/mol. The number of hydrogen-bond acceptors (Lipinski definition) is 4. The lowest BCUT2D eigenvalue weighted by atomic mass is 10.0. The van der Waals surface area contributed by atoms with Crippen molar-refractivity contribution in [3.63, 3.8) is 0 Å². The summed E-state index contributed by atoms with van der Waals surface area (Å²) in [4.78, 5) is 8.60. The summed E-state index contributed by atoms with van der Waals surface area (Å²) >= 11 is 0. The topological polar surface area (TPSA) is 47.0 Å². The third-order valence-electron chi connectivity index (χ3n) is 2.91. The Balaban J connectivity index is 1.98. The minimum Gasteiger partial charge on any atom is -0.373 e. The van der Waals surface area contributed by atoms with Gasteiger partial charge in [0.05, 0.1) is 5.60 Å². The van der Waals surface area contributed by atoms with Crippen LogP contribution in [0.1, 0.15) is 31.3 Å². The smallest absolute Gasteiger partial charge is 0.130 e. The van der Waals surface area contributed by atoms with Gasteiger partial charge in [0.15, 0.2) is 0 Å². The Bertz CT molecular complexity index is 352. The van der Waals surface area contributed by atoms with E-state index in [1.807, 2.05) is 19.9 Å². The average molecular weight is 221 g/mol. The van der Waals surface area contributed by atoms with E-state index < -0.39 is 0 Å². The van der Waals surface area contributed by atoms with Gasteiger partial charge in [-0.3, -0.25) is 0 Å². The molecule has 0 saturated carbocycles. The summed E-state index contributed by atoms with van der Waals surface area (Å²) in [5.41, 5.74) is 0.958. The zero-order valence-electron chi connectivity index (χ0n) is 10.2. The van der Waals surface area contributed by atoms with E-state index in [1.165, 1.54) is 0 Å². The summed E-state index contributed by atoms with van der Waals surface area (Å²) in [6.45, 7) is 7.72. The van der Waals surface area contributed by atoms with Crippen LogP contribution in [0.15, 0.2) is 6.07 Å². The van der Waals surface area contributed by atoms with Gasteiger partial charge in [-0.2, -0.15) is 0 Å². The van der Waals surface area contributed by atoms with Crippen LogP contribution in [0, 0.1) is 13.8 Å². The first kappa shape index (κ1) is 11.3. The van der Waals surface area contributed by atoms with E-state index in [9.17, 15) is 0 Å². The van der Waals surface area contributed by atoms with Gasteiger partial charge in [0, 0.05) is 24.9 Å². The molecule has 0 aliphatic carbocycles. The number of aryl methyl sites for hydroxylation is 2. The van der Waals surface area contributed by atoms with Crippen LogP contribution in [0.2, 0.25) is 0 Å². The third-order valence-corrected chi connectivity index (χ3v) is 2.91. The predicted molar refractivity (Wildman–Crippen MR) is 63.6 cm³/mol. The second-order valence-corrected chi connectivity index (χ2v) is 4.70. The number of hydrogen-bond donors (Lipinski definition) is 1. The van der Waals surface area contributed by atoms with Crippen molar-refractivity contribution in [3.8, 4) is 0 Å². The fourth-order valence-corrected chi connectivity index (χ4v) is 2.06. The number of anilines is 1. The largest absolute Gasteiger partial charge is 0.373 e. The summed E-state index contributed by atoms with van der Waals surface area (Å²) in [6, 6.07) is 1.96. The molecule has 16 heavy (non-hydrogen) atoms. The molecule has 1 N–H and O–H groups in total. The van der Waals surface area contributed by atoms with Gasteiger partial charge in [-0.1, -0.05) is 0 Å². The van der Waals surface area contributed by atoms with Gasteiger partial charge in [0.2, 0.25) is 0 Å². The minimum absolute atomic E-state index is 0.0350. The molecule has 0 amide bonds. The molecule has 0 radical (unpaired) electrons. The van der Waals surface area contributed by atoms with E-state index in [2.05, 4.69) is 22.2 Å². The van der Waals surface area contributed by atoms with Crippen molar-refractivity contribution in [1.82, 2.24) is 9.97 Å². The third kappa shape index (κ3) is 2.70. The first-order valence-electron chi connectivity index (χ1n) is 5.78. The quantitative estimate of drug-likeness (QED) is 0.848. The van der Waals surface area contributed by atoms with Crippen molar-refractivity contribution in [2.75, 3.05) is 18.5 Å². The zero-order chi connectivity index (χ0) is 11.6. The molecule has 1 aromatic heterocycles. The summed E-state index contributed by atoms with van der Waals surface area (Å²) in [5, 5.41) is 3.33. The maximum atomic E-state index is 5.72. The van der Waals surface area contributed by atoms with E-state index in [1.54, 1.807) is 0 Å². The number of nitrogens with zero attached hydrogens (tertiary/aromatic N) is 2. The first-order valence-corrected chi connectivity index (χ1v) is 5.78. The van der Waals surface area contributed by atoms with Crippen LogP contribution in [0.3, 0.4) is 0 Å². The van der Waals surface area contributed by atoms with Crippen molar-refractivity contribution >= 4 is 5.82 Å². The number of aromatic nitrogens is 2. The molecule has 1 saturated heterocycles. The van der Waals surface area contributed by atoms with Gasteiger partial charge in [0.1, 0.15) is 11.6 Å². The van der Waals surface area contributed by atoms with Crippen LogP contribution >= 0.6 is 0 Å². The maximum absolute atomic E-state index is 5.72. The van der Waals surface area contributed by atoms with E-state index in [4.69, 9.17) is 4.74 Å². The molecular weight excluding hydrogens is 202 g/mol.